The van der Waals surface area contributed by atoms with Crippen LogP contribution in [0.4, 0.5) is 28.2 Å². The standard InChI is InChI=1S/C30H30F4N6O3S/c1-17-5-7-22(8-6-17)44(42,43)40-16-24(23-11-19(32)14-35-29(23)40)27-25(33)13-26(34)28(38-27)36-20-3-2-4-21(12-20)37-30(41)39-10-9-18(31)15-39/h5-8,11,13-14,16,18,20-21H,2-4,9-10,12,15H2,1H3,(H,36,38)(H,37,41)/t18-,20-,21+/m0/s1. The zero-order valence-corrected chi connectivity index (χ0v) is 24.6. The Morgan fingerprint density at radius 2 is 1.77 bits per heavy atom. The van der Waals surface area contributed by atoms with Crippen LogP contribution in [0.25, 0.3) is 22.3 Å². The van der Waals surface area contributed by atoms with Gasteiger partial charge in [-0.05, 0) is 57.2 Å². The molecule has 44 heavy (non-hydrogen) atoms. The number of amides is 2. The highest BCUT2D eigenvalue weighted by molar-refractivity contribution is 7.90. The maximum absolute atomic E-state index is 15.3. The average molecular weight is 631 g/mol. The minimum atomic E-state index is -4.23. The summed E-state index contributed by atoms with van der Waals surface area (Å²) in [6.45, 7) is 2.20. The molecule has 4 aromatic rings. The molecular weight excluding hydrogens is 600 g/mol. The highest BCUT2D eigenvalue weighted by Gasteiger charge is 2.31. The van der Waals surface area contributed by atoms with Crippen molar-refractivity contribution in [1.82, 2.24) is 24.2 Å². The van der Waals surface area contributed by atoms with Gasteiger partial charge in [-0.1, -0.05) is 17.7 Å². The fraction of sp³-hybridized carbons (Fsp3) is 0.367. The summed E-state index contributed by atoms with van der Waals surface area (Å²) >= 11 is 0. The molecule has 0 radical (unpaired) electrons. The predicted octanol–water partition coefficient (Wildman–Crippen LogP) is 5.54. The Bertz CT molecular complexity index is 1830. The number of carbonyl (C=O) groups is 1. The summed E-state index contributed by atoms with van der Waals surface area (Å²) in [5.41, 5.74) is 0.214. The number of halogens is 4. The van der Waals surface area contributed by atoms with E-state index in [2.05, 4.69) is 20.6 Å². The fourth-order valence-corrected chi connectivity index (χ4v) is 7.14. The van der Waals surface area contributed by atoms with Crippen molar-refractivity contribution >= 4 is 32.9 Å². The molecule has 1 aliphatic heterocycles. The van der Waals surface area contributed by atoms with E-state index in [9.17, 15) is 22.0 Å². The first-order valence-electron chi connectivity index (χ1n) is 14.3. The number of nitrogens with zero attached hydrogens (tertiary/aromatic N) is 4. The summed E-state index contributed by atoms with van der Waals surface area (Å²) in [6.07, 6.45) is 3.67. The molecule has 1 saturated carbocycles. The zero-order chi connectivity index (χ0) is 31.2. The second-order valence-corrected chi connectivity index (χ2v) is 13.1. The molecule has 232 valence electrons. The first kappa shape index (κ1) is 29.9. The smallest absolute Gasteiger partial charge is 0.317 e. The third kappa shape index (κ3) is 5.82. The molecule has 6 rings (SSSR count). The third-order valence-corrected chi connectivity index (χ3v) is 9.77. The molecule has 2 fully saturated rings. The molecule has 1 aromatic carbocycles. The highest BCUT2D eigenvalue weighted by Crippen LogP contribution is 2.35. The van der Waals surface area contributed by atoms with Gasteiger partial charge in [0.1, 0.15) is 17.7 Å². The second-order valence-electron chi connectivity index (χ2n) is 11.3. The number of likely N-dealkylation sites (tertiary alicyclic amines) is 1. The molecule has 0 spiro atoms. The number of anilines is 1. The molecule has 2 aliphatic rings. The van der Waals surface area contributed by atoms with Crippen LogP contribution >= 0.6 is 0 Å². The molecule has 1 aliphatic carbocycles. The van der Waals surface area contributed by atoms with E-state index in [4.69, 9.17) is 0 Å². The minimum Gasteiger partial charge on any atom is -0.365 e. The summed E-state index contributed by atoms with van der Waals surface area (Å²) in [5, 5.41) is 5.90. The van der Waals surface area contributed by atoms with Gasteiger partial charge in [0.15, 0.2) is 23.1 Å². The molecule has 9 nitrogen and oxygen atoms in total. The number of benzene rings is 1. The van der Waals surface area contributed by atoms with Gasteiger partial charge in [-0.15, -0.1) is 0 Å². The molecule has 2 N–H and O–H groups in total. The Morgan fingerprint density at radius 1 is 1.02 bits per heavy atom. The van der Waals surface area contributed by atoms with Crippen LogP contribution in [-0.2, 0) is 10.0 Å². The maximum atomic E-state index is 15.3. The van der Waals surface area contributed by atoms with Gasteiger partial charge in [-0.25, -0.2) is 44.7 Å². The zero-order valence-electron chi connectivity index (χ0n) is 23.7. The van der Waals surface area contributed by atoms with E-state index in [-0.39, 0.29) is 57.7 Å². The van der Waals surface area contributed by atoms with Crippen LogP contribution in [0, 0.1) is 24.4 Å². The van der Waals surface area contributed by atoms with Crippen LogP contribution < -0.4 is 10.6 Å². The Hall–Kier alpha value is -4.20. The van der Waals surface area contributed by atoms with Crippen molar-refractivity contribution in [3.05, 3.63) is 71.8 Å². The lowest BCUT2D eigenvalue weighted by Gasteiger charge is -2.32. The molecular formula is C30H30F4N6O3S. The number of urea groups is 1. The predicted molar refractivity (Wildman–Crippen MR) is 156 cm³/mol. The summed E-state index contributed by atoms with van der Waals surface area (Å²) in [4.78, 5) is 22.1. The van der Waals surface area contributed by atoms with E-state index in [0.717, 1.165) is 28.0 Å². The first-order chi connectivity index (χ1) is 21.0. The topological polar surface area (TPSA) is 109 Å². The molecule has 3 aromatic heterocycles. The van der Waals surface area contributed by atoms with Gasteiger partial charge >= 0.3 is 6.03 Å². The van der Waals surface area contributed by atoms with Gasteiger partial charge in [0, 0.05) is 41.8 Å². The lowest BCUT2D eigenvalue weighted by molar-refractivity contribution is 0.195. The van der Waals surface area contributed by atoms with Gasteiger partial charge in [0.2, 0.25) is 0 Å². The van der Waals surface area contributed by atoms with Crippen molar-refractivity contribution in [3.8, 4) is 11.3 Å². The summed E-state index contributed by atoms with van der Waals surface area (Å²) in [6, 6.07) is 6.83. The molecule has 14 heteroatoms. The van der Waals surface area contributed by atoms with Crippen LogP contribution in [0.5, 0.6) is 0 Å². The summed E-state index contributed by atoms with van der Waals surface area (Å²) < 4.78 is 86.2. The van der Waals surface area contributed by atoms with E-state index in [1.807, 2.05) is 0 Å². The number of carbonyl (C=O) groups excluding carboxylic acids is 1. The van der Waals surface area contributed by atoms with Crippen molar-refractivity contribution in [2.45, 2.75) is 62.2 Å². The van der Waals surface area contributed by atoms with Crippen LogP contribution in [0.15, 0.2) is 53.7 Å². The highest BCUT2D eigenvalue weighted by atomic mass is 32.2. The molecule has 0 unspecified atom stereocenters. The SMILES string of the molecule is Cc1ccc(S(=O)(=O)n2cc(-c3nc(N[C@H]4CCC[C@@H](NC(=O)N5CC[C@H](F)C5)C4)c(F)cc3F)c3cc(F)cnc32)cc1. The Morgan fingerprint density at radius 3 is 2.50 bits per heavy atom. The first-order valence-corrected chi connectivity index (χ1v) is 15.7. The van der Waals surface area contributed by atoms with Crippen LogP contribution in [-0.4, -0.2) is 64.6 Å². The van der Waals surface area contributed by atoms with E-state index in [1.165, 1.54) is 17.0 Å². The van der Waals surface area contributed by atoms with Crippen molar-refractivity contribution in [2.75, 3.05) is 18.4 Å². The van der Waals surface area contributed by atoms with E-state index in [0.29, 0.717) is 44.7 Å². The quantitative estimate of drug-likeness (QED) is 0.271. The molecule has 4 heterocycles. The molecule has 2 amide bonds. The van der Waals surface area contributed by atoms with Gasteiger partial charge in [0.25, 0.3) is 10.0 Å². The molecule has 1 saturated heterocycles. The number of aromatic nitrogens is 3. The number of alkyl halides is 1. The second kappa shape index (κ2) is 11.7. The largest absolute Gasteiger partial charge is 0.365 e. The van der Waals surface area contributed by atoms with E-state index < -0.39 is 33.6 Å². The summed E-state index contributed by atoms with van der Waals surface area (Å²) in [5.74, 6) is -3.10. The minimum absolute atomic E-state index is 0.0254. The van der Waals surface area contributed by atoms with Crippen LogP contribution in [0.3, 0.4) is 0 Å². The third-order valence-electron chi connectivity index (χ3n) is 8.10. The normalized spacial score (nSPS) is 20.7. The number of aryl methyl sites for hydroxylation is 1. The number of nitrogens with one attached hydrogen (secondary N) is 2. The monoisotopic (exact) mass is 630 g/mol. The number of rotatable bonds is 6. The van der Waals surface area contributed by atoms with Crippen molar-refractivity contribution in [2.24, 2.45) is 0 Å². The maximum Gasteiger partial charge on any atom is 0.317 e. The van der Waals surface area contributed by atoms with Gasteiger partial charge < -0.3 is 15.5 Å². The van der Waals surface area contributed by atoms with E-state index >= 15 is 8.78 Å². The Kier molecular flexibility index (Phi) is 7.95. The van der Waals surface area contributed by atoms with Gasteiger partial charge in [0.05, 0.1) is 17.6 Å². The molecule has 0 bridgehead atoms. The van der Waals surface area contributed by atoms with Crippen molar-refractivity contribution in [1.29, 1.82) is 0 Å². The fourth-order valence-electron chi connectivity index (χ4n) is 5.82. The summed E-state index contributed by atoms with van der Waals surface area (Å²) in [7, 11) is -4.23. The van der Waals surface area contributed by atoms with Crippen LogP contribution in [0.1, 0.15) is 37.7 Å². The number of pyridine rings is 2. The van der Waals surface area contributed by atoms with Crippen molar-refractivity contribution in [3.63, 3.8) is 0 Å². The number of fused-ring (bicyclic) bond motifs is 1. The lowest BCUT2D eigenvalue weighted by Crippen LogP contribution is -2.47. The number of hydrogen-bond acceptors (Lipinski definition) is 6. The van der Waals surface area contributed by atoms with Gasteiger partial charge in [-0.2, -0.15) is 0 Å². The van der Waals surface area contributed by atoms with E-state index in [1.54, 1.807) is 19.1 Å². The Labute approximate surface area is 251 Å². The number of hydrogen-bond donors (Lipinski definition) is 2. The lowest BCUT2D eigenvalue weighted by atomic mass is 9.91. The van der Waals surface area contributed by atoms with Gasteiger partial charge in [-0.3, -0.25) is 0 Å². The molecule has 3 atom stereocenters. The average Bonchev–Trinajstić information content (AvgIpc) is 3.59. The van der Waals surface area contributed by atoms with Crippen LogP contribution in [0.2, 0.25) is 0 Å². The van der Waals surface area contributed by atoms with Crippen molar-refractivity contribution < 1.29 is 30.8 Å². The Balaban J connectivity index is 1.30.